The van der Waals surface area contributed by atoms with Gasteiger partial charge in [-0.15, -0.1) is 0 Å². The highest BCUT2D eigenvalue weighted by atomic mass is 16.2. The molecule has 0 radical (unpaired) electrons. The largest absolute Gasteiger partial charge is 0.348 e. The predicted octanol–water partition coefficient (Wildman–Crippen LogP) is 3.02. The van der Waals surface area contributed by atoms with Crippen LogP contribution in [0, 0.1) is 0 Å². The summed E-state index contributed by atoms with van der Waals surface area (Å²) in [5.41, 5.74) is 1.94. The number of nitrogens with zero attached hydrogens (tertiary/aromatic N) is 3. The first-order valence-electron chi connectivity index (χ1n) is 8.60. The molecule has 1 aromatic rings. The molecule has 1 aliphatic rings. The third-order valence-electron chi connectivity index (χ3n) is 4.48. The topological polar surface area (TPSA) is 62.6 Å². The van der Waals surface area contributed by atoms with Gasteiger partial charge in [-0.05, 0) is 29.5 Å². The minimum Gasteiger partial charge on any atom is -0.348 e. The van der Waals surface area contributed by atoms with Crippen LogP contribution < -0.4 is 0 Å². The number of carbonyl (C=O) groups excluding carboxylic acids is 3. The molecule has 1 saturated heterocycles. The van der Waals surface area contributed by atoms with Gasteiger partial charge in [-0.1, -0.05) is 34.1 Å². The summed E-state index contributed by atoms with van der Waals surface area (Å²) in [4.78, 5) is 38.6. The molecule has 6 heteroatoms. The number of likely N-dealkylation sites (N-methyl/N-ethyl adjacent to an activating group) is 2. The van der Waals surface area contributed by atoms with E-state index in [0.29, 0.717) is 0 Å². The van der Waals surface area contributed by atoms with E-state index in [0.717, 1.165) is 40.4 Å². The first-order valence-corrected chi connectivity index (χ1v) is 8.60. The van der Waals surface area contributed by atoms with Crippen LogP contribution in [-0.2, 0) is 21.5 Å². The summed E-state index contributed by atoms with van der Waals surface area (Å²) < 4.78 is 2.08. The zero-order valence-corrected chi connectivity index (χ0v) is 15.9. The van der Waals surface area contributed by atoms with Crippen LogP contribution in [0.15, 0.2) is 17.8 Å². The third kappa shape index (κ3) is 3.67. The number of hydrogen-bond donors (Lipinski definition) is 0. The Morgan fingerprint density at radius 1 is 1.04 bits per heavy atom. The van der Waals surface area contributed by atoms with Gasteiger partial charge in [0.25, 0.3) is 11.8 Å². The Hall–Kier alpha value is -2.37. The van der Waals surface area contributed by atoms with Crippen LogP contribution in [0.25, 0.3) is 6.08 Å². The number of carbonyl (C=O) groups is 3. The van der Waals surface area contributed by atoms with Crippen molar-refractivity contribution in [3.8, 4) is 0 Å². The summed E-state index contributed by atoms with van der Waals surface area (Å²) in [6.07, 6.45) is 5.75. The lowest BCUT2D eigenvalue weighted by Gasteiger charge is -2.28. The molecule has 6 nitrogen and oxygen atoms in total. The smallest absolute Gasteiger partial charge is 0.333 e. The van der Waals surface area contributed by atoms with Crippen molar-refractivity contribution in [1.82, 2.24) is 14.4 Å². The normalized spacial score (nSPS) is 16.1. The molecule has 1 fully saturated rings. The molecule has 0 spiro atoms. The van der Waals surface area contributed by atoms with Gasteiger partial charge in [0, 0.05) is 32.5 Å². The minimum atomic E-state index is -0.608. The molecule has 2 heterocycles. The molecule has 0 unspecified atom stereocenters. The predicted molar refractivity (Wildman–Crippen MR) is 97.0 cm³/mol. The van der Waals surface area contributed by atoms with Gasteiger partial charge >= 0.3 is 6.03 Å². The van der Waals surface area contributed by atoms with Gasteiger partial charge in [-0.25, -0.2) is 4.79 Å². The maximum Gasteiger partial charge on any atom is 0.333 e. The Morgan fingerprint density at radius 2 is 1.60 bits per heavy atom. The molecule has 0 saturated carbocycles. The molecule has 136 valence electrons. The molecule has 4 amide bonds. The van der Waals surface area contributed by atoms with Crippen LogP contribution in [0.2, 0.25) is 0 Å². The van der Waals surface area contributed by atoms with Crippen molar-refractivity contribution in [1.29, 1.82) is 0 Å². The van der Waals surface area contributed by atoms with Gasteiger partial charge in [0.05, 0.1) is 0 Å². The number of urea groups is 1. The van der Waals surface area contributed by atoms with Crippen LogP contribution in [0.5, 0.6) is 0 Å². The van der Waals surface area contributed by atoms with E-state index < -0.39 is 17.8 Å². The van der Waals surface area contributed by atoms with Crippen molar-refractivity contribution in [3.05, 3.63) is 29.1 Å². The van der Waals surface area contributed by atoms with Gasteiger partial charge in [-0.2, -0.15) is 0 Å². The van der Waals surface area contributed by atoms with E-state index >= 15 is 0 Å². The fourth-order valence-electron chi connectivity index (χ4n) is 2.70. The molecule has 0 N–H and O–H groups in total. The van der Waals surface area contributed by atoms with E-state index in [-0.39, 0.29) is 11.0 Å². The number of imide groups is 2. The zero-order chi connectivity index (χ0) is 18.9. The van der Waals surface area contributed by atoms with Crippen molar-refractivity contribution in [2.75, 3.05) is 14.1 Å². The zero-order valence-electron chi connectivity index (χ0n) is 15.9. The maximum atomic E-state index is 12.4. The van der Waals surface area contributed by atoms with Gasteiger partial charge in [0.2, 0.25) is 0 Å². The molecule has 2 rings (SSSR count). The fraction of sp³-hybridized carbons (Fsp3) is 0.526. The molecular weight excluding hydrogens is 318 g/mol. The molecule has 1 aliphatic heterocycles. The van der Waals surface area contributed by atoms with Crippen molar-refractivity contribution in [3.63, 3.8) is 0 Å². The van der Waals surface area contributed by atoms with Crippen molar-refractivity contribution >= 4 is 23.9 Å². The van der Waals surface area contributed by atoms with E-state index in [9.17, 15) is 14.4 Å². The van der Waals surface area contributed by atoms with Crippen molar-refractivity contribution in [2.24, 2.45) is 0 Å². The Morgan fingerprint density at radius 3 is 2.08 bits per heavy atom. The number of unbranched alkanes of at least 4 members (excludes halogenated alkanes) is 1. The third-order valence-corrected chi connectivity index (χ3v) is 4.48. The minimum absolute atomic E-state index is 0.0147. The first kappa shape index (κ1) is 19.0. The first-order chi connectivity index (χ1) is 11.6. The molecule has 0 bridgehead atoms. The van der Waals surface area contributed by atoms with Gasteiger partial charge in [0.1, 0.15) is 5.57 Å². The fourth-order valence-corrected chi connectivity index (χ4v) is 2.70. The lowest BCUT2D eigenvalue weighted by atomic mass is 9.89. The lowest BCUT2D eigenvalue weighted by molar-refractivity contribution is -0.134. The summed E-state index contributed by atoms with van der Waals surface area (Å²) >= 11 is 0. The Kier molecular flexibility index (Phi) is 5.20. The maximum absolute atomic E-state index is 12.4. The van der Waals surface area contributed by atoms with Gasteiger partial charge < -0.3 is 4.57 Å². The number of aryl methyl sites for hydroxylation is 1. The van der Waals surface area contributed by atoms with Crippen molar-refractivity contribution in [2.45, 2.75) is 52.5 Å². The summed E-state index contributed by atoms with van der Waals surface area (Å²) in [5, 5.41) is 0. The summed E-state index contributed by atoms with van der Waals surface area (Å²) in [5.74, 6) is -1.12. The second-order valence-electron chi connectivity index (χ2n) is 7.52. The van der Waals surface area contributed by atoms with Crippen LogP contribution in [0.1, 0.15) is 51.8 Å². The van der Waals surface area contributed by atoms with Crippen LogP contribution in [0.4, 0.5) is 4.79 Å². The average Bonchev–Trinajstić information content (AvgIpc) is 2.96. The van der Waals surface area contributed by atoms with Crippen LogP contribution in [-0.4, -0.2) is 46.3 Å². The molecular formula is C19H27N3O3. The monoisotopic (exact) mass is 345 g/mol. The number of aromatic nitrogens is 1. The Balaban J connectivity index is 2.50. The van der Waals surface area contributed by atoms with Crippen molar-refractivity contribution < 1.29 is 14.4 Å². The number of hydrogen-bond acceptors (Lipinski definition) is 3. The highest BCUT2D eigenvalue weighted by Crippen LogP contribution is 2.27. The number of amides is 4. The molecule has 0 atom stereocenters. The average molecular weight is 345 g/mol. The van der Waals surface area contributed by atoms with E-state index in [4.69, 9.17) is 0 Å². The Bertz CT molecular complexity index is 712. The molecule has 25 heavy (non-hydrogen) atoms. The van der Waals surface area contributed by atoms with Crippen LogP contribution >= 0.6 is 0 Å². The standard InChI is InChI=1S/C19H27N3O3/c1-7-8-9-22-12-13(19(2,3)4)10-14(22)11-15-16(23)20(5)18(25)21(6)17(15)24/h10-12H,7-9H2,1-6H3. The van der Waals surface area contributed by atoms with E-state index in [1.807, 2.05) is 6.07 Å². The number of rotatable bonds is 4. The summed E-state index contributed by atoms with van der Waals surface area (Å²) in [6, 6.07) is 1.41. The van der Waals surface area contributed by atoms with Gasteiger partial charge in [-0.3, -0.25) is 19.4 Å². The number of barbiturate groups is 1. The summed E-state index contributed by atoms with van der Waals surface area (Å²) in [7, 11) is 2.77. The van der Waals surface area contributed by atoms with E-state index in [2.05, 4.69) is 38.5 Å². The molecule has 0 aromatic carbocycles. The van der Waals surface area contributed by atoms with E-state index in [1.54, 1.807) is 6.08 Å². The van der Waals surface area contributed by atoms with E-state index in [1.165, 1.54) is 14.1 Å². The lowest BCUT2D eigenvalue weighted by Crippen LogP contribution is -2.52. The highest BCUT2D eigenvalue weighted by molar-refractivity contribution is 6.30. The highest BCUT2D eigenvalue weighted by Gasteiger charge is 2.38. The van der Waals surface area contributed by atoms with Gasteiger partial charge in [0.15, 0.2) is 0 Å². The summed E-state index contributed by atoms with van der Waals surface area (Å²) in [6.45, 7) is 9.32. The molecule has 1 aromatic heterocycles. The SMILES string of the molecule is CCCCn1cc(C(C)(C)C)cc1C=C1C(=O)N(C)C(=O)N(C)C1=O. The quantitative estimate of drug-likeness (QED) is 0.622. The second kappa shape index (κ2) is 6.86. The Labute approximate surface area is 149 Å². The molecule has 0 aliphatic carbocycles. The second-order valence-corrected chi connectivity index (χ2v) is 7.52. The van der Waals surface area contributed by atoms with Crippen LogP contribution in [0.3, 0.4) is 0 Å².